The molecule has 0 amide bonds. The summed E-state index contributed by atoms with van der Waals surface area (Å²) in [6.45, 7) is 0. The fourth-order valence-corrected chi connectivity index (χ4v) is 1.01. The number of fused-ring (bicyclic) bond motifs is 1. The molecule has 0 spiro atoms. The highest BCUT2D eigenvalue weighted by atomic mass is 15.6. The molecule has 5 nitrogen and oxygen atoms in total. The molecule has 0 aliphatic rings. The van der Waals surface area contributed by atoms with E-state index in [0.717, 1.165) is 4.79 Å². The summed E-state index contributed by atoms with van der Waals surface area (Å²) in [6.07, 6.45) is 0. The SMILES string of the molecule is N#Cc1ccc2nnn(N)c2c1. The summed E-state index contributed by atoms with van der Waals surface area (Å²) < 4.78 is 0. The van der Waals surface area contributed by atoms with E-state index in [0.29, 0.717) is 16.6 Å². The van der Waals surface area contributed by atoms with Gasteiger partial charge in [-0.05, 0) is 23.4 Å². The number of hydrogen-bond donors (Lipinski definition) is 1. The highest BCUT2D eigenvalue weighted by Gasteiger charge is 2.01. The van der Waals surface area contributed by atoms with Gasteiger partial charge in [0, 0.05) is 0 Å². The number of benzene rings is 1. The van der Waals surface area contributed by atoms with E-state index in [2.05, 4.69) is 10.3 Å². The molecule has 0 atom stereocenters. The maximum atomic E-state index is 8.58. The Morgan fingerprint density at radius 3 is 3.08 bits per heavy atom. The molecule has 5 heteroatoms. The van der Waals surface area contributed by atoms with Gasteiger partial charge in [0.25, 0.3) is 0 Å². The van der Waals surface area contributed by atoms with E-state index >= 15 is 0 Å². The van der Waals surface area contributed by atoms with Crippen molar-refractivity contribution in [3.05, 3.63) is 23.8 Å². The maximum absolute atomic E-state index is 8.58. The Kier molecular flexibility index (Phi) is 1.21. The Labute approximate surface area is 68.0 Å². The first kappa shape index (κ1) is 6.61. The van der Waals surface area contributed by atoms with Gasteiger partial charge in [-0.1, -0.05) is 0 Å². The van der Waals surface area contributed by atoms with Gasteiger partial charge >= 0.3 is 0 Å². The average molecular weight is 159 g/mol. The van der Waals surface area contributed by atoms with E-state index in [9.17, 15) is 0 Å². The van der Waals surface area contributed by atoms with Crippen LogP contribution in [0.2, 0.25) is 0 Å². The second kappa shape index (κ2) is 2.20. The van der Waals surface area contributed by atoms with Gasteiger partial charge in [0.15, 0.2) is 0 Å². The quantitative estimate of drug-likeness (QED) is 0.549. The van der Waals surface area contributed by atoms with Crippen LogP contribution in [0.4, 0.5) is 0 Å². The van der Waals surface area contributed by atoms with Crippen LogP contribution in [0, 0.1) is 11.3 Å². The molecule has 0 radical (unpaired) electrons. The molecular weight excluding hydrogens is 154 g/mol. The zero-order valence-corrected chi connectivity index (χ0v) is 6.10. The van der Waals surface area contributed by atoms with Crippen molar-refractivity contribution in [2.45, 2.75) is 0 Å². The highest BCUT2D eigenvalue weighted by Crippen LogP contribution is 2.10. The fraction of sp³-hybridized carbons (Fsp3) is 0. The number of nitrogen functional groups attached to an aromatic ring is 1. The zero-order valence-electron chi connectivity index (χ0n) is 6.10. The van der Waals surface area contributed by atoms with Gasteiger partial charge in [0.05, 0.1) is 11.6 Å². The second-order valence-electron chi connectivity index (χ2n) is 2.35. The number of nitrogens with zero attached hydrogens (tertiary/aromatic N) is 4. The minimum absolute atomic E-state index is 0.552. The van der Waals surface area contributed by atoms with Gasteiger partial charge in [0.1, 0.15) is 11.0 Å². The van der Waals surface area contributed by atoms with Gasteiger partial charge in [-0.3, -0.25) is 0 Å². The van der Waals surface area contributed by atoms with E-state index in [1.807, 2.05) is 6.07 Å². The van der Waals surface area contributed by atoms with Gasteiger partial charge < -0.3 is 5.84 Å². The Morgan fingerprint density at radius 2 is 2.33 bits per heavy atom. The molecule has 12 heavy (non-hydrogen) atoms. The Hall–Kier alpha value is -2.09. The van der Waals surface area contributed by atoms with Crippen molar-refractivity contribution in [3.8, 4) is 6.07 Å². The van der Waals surface area contributed by atoms with Crippen LogP contribution in [0.3, 0.4) is 0 Å². The van der Waals surface area contributed by atoms with Gasteiger partial charge in [-0.15, -0.1) is 5.10 Å². The van der Waals surface area contributed by atoms with Crippen LogP contribution in [0.15, 0.2) is 18.2 Å². The molecule has 0 unspecified atom stereocenters. The predicted molar refractivity (Wildman–Crippen MR) is 42.4 cm³/mol. The number of nitriles is 1. The van der Waals surface area contributed by atoms with Crippen molar-refractivity contribution in [2.24, 2.45) is 0 Å². The lowest BCUT2D eigenvalue weighted by molar-refractivity contribution is 0.787. The standard InChI is InChI=1S/C7H5N5/c8-4-5-1-2-6-7(3-5)12(9)11-10-6/h1-3H,9H2. The summed E-state index contributed by atoms with van der Waals surface area (Å²) in [7, 11) is 0. The first-order valence-corrected chi connectivity index (χ1v) is 3.32. The molecule has 1 aromatic heterocycles. The van der Waals surface area contributed by atoms with Crippen LogP contribution in [0.5, 0.6) is 0 Å². The van der Waals surface area contributed by atoms with Crippen molar-refractivity contribution in [1.29, 1.82) is 5.26 Å². The predicted octanol–water partition coefficient (Wildman–Crippen LogP) is 0.0168. The lowest BCUT2D eigenvalue weighted by Gasteiger charge is -1.90. The van der Waals surface area contributed by atoms with Crippen LogP contribution in [-0.2, 0) is 0 Å². The van der Waals surface area contributed by atoms with E-state index in [4.69, 9.17) is 11.1 Å². The molecule has 0 saturated carbocycles. The number of nitrogens with two attached hydrogens (primary N) is 1. The second-order valence-corrected chi connectivity index (χ2v) is 2.35. The smallest absolute Gasteiger partial charge is 0.115 e. The lowest BCUT2D eigenvalue weighted by atomic mass is 10.2. The number of aromatic nitrogens is 3. The van der Waals surface area contributed by atoms with Crippen LogP contribution >= 0.6 is 0 Å². The third kappa shape index (κ3) is 0.787. The first-order chi connectivity index (χ1) is 5.81. The van der Waals surface area contributed by atoms with Crippen LogP contribution < -0.4 is 5.84 Å². The van der Waals surface area contributed by atoms with Crippen molar-refractivity contribution >= 4 is 11.0 Å². The zero-order chi connectivity index (χ0) is 8.55. The minimum atomic E-state index is 0.552. The molecule has 0 bridgehead atoms. The molecule has 0 saturated heterocycles. The van der Waals surface area contributed by atoms with Crippen LogP contribution in [-0.4, -0.2) is 15.1 Å². The minimum Gasteiger partial charge on any atom is -0.321 e. The molecule has 2 rings (SSSR count). The average Bonchev–Trinajstić information content (AvgIpc) is 2.47. The van der Waals surface area contributed by atoms with E-state index in [1.165, 1.54) is 0 Å². The summed E-state index contributed by atoms with van der Waals surface area (Å²) in [5.41, 5.74) is 1.90. The third-order valence-corrected chi connectivity index (χ3v) is 1.60. The fourth-order valence-electron chi connectivity index (χ4n) is 1.01. The molecule has 1 aromatic carbocycles. The van der Waals surface area contributed by atoms with E-state index in [-0.39, 0.29) is 0 Å². The van der Waals surface area contributed by atoms with E-state index in [1.54, 1.807) is 18.2 Å². The topological polar surface area (TPSA) is 80.5 Å². The maximum Gasteiger partial charge on any atom is 0.115 e. The molecular formula is C7H5N5. The Balaban J connectivity index is 2.82. The van der Waals surface area contributed by atoms with Gasteiger partial charge in [0.2, 0.25) is 0 Å². The number of rotatable bonds is 0. The van der Waals surface area contributed by atoms with Crippen LogP contribution in [0.25, 0.3) is 11.0 Å². The molecule has 2 N–H and O–H groups in total. The summed E-state index contributed by atoms with van der Waals surface area (Å²) in [6, 6.07) is 7.05. The van der Waals surface area contributed by atoms with Crippen molar-refractivity contribution in [1.82, 2.24) is 15.1 Å². The van der Waals surface area contributed by atoms with Crippen molar-refractivity contribution in [2.75, 3.05) is 5.84 Å². The summed E-state index contributed by atoms with van der Waals surface area (Å²) in [5.74, 6) is 5.43. The molecule has 58 valence electrons. The molecule has 2 aromatic rings. The monoisotopic (exact) mass is 159 g/mol. The van der Waals surface area contributed by atoms with Crippen molar-refractivity contribution < 1.29 is 0 Å². The Bertz CT molecular complexity index is 464. The van der Waals surface area contributed by atoms with Gasteiger partial charge in [-0.2, -0.15) is 10.1 Å². The molecule has 0 aliphatic carbocycles. The summed E-state index contributed by atoms with van der Waals surface area (Å²) in [5, 5.41) is 16.0. The van der Waals surface area contributed by atoms with Crippen molar-refractivity contribution in [3.63, 3.8) is 0 Å². The van der Waals surface area contributed by atoms with Gasteiger partial charge in [-0.25, -0.2) is 0 Å². The number of hydrogen-bond acceptors (Lipinski definition) is 4. The van der Waals surface area contributed by atoms with Crippen LogP contribution in [0.1, 0.15) is 5.56 Å². The normalized spacial score (nSPS) is 9.92. The molecule has 1 heterocycles. The third-order valence-electron chi connectivity index (χ3n) is 1.60. The lowest BCUT2D eigenvalue weighted by Crippen LogP contribution is -2.09. The summed E-state index contributed by atoms with van der Waals surface area (Å²) >= 11 is 0. The Morgan fingerprint density at radius 1 is 1.50 bits per heavy atom. The molecule has 0 fully saturated rings. The van der Waals surface area contributed by atoms with E-state index < -0.39 is 0 Å². The highest BCUT2D eigenvalue weighted by molar-refractivity contribution is 5.75. The summed E-state index contributed by atoms with van der Waals surface area (Å²) in [4.78, 5) is 1.15. The largest absolute Gasteiger partial charge is 0.321 e. The first-order valence-electron chi connectivity index (χ1n) is 3.32. The molecule has 0 aliphatic heterocycles.